The number of ether oxygens (including phenoxy) is 1. The zero-order chi connectivity index (χ0) is 9.54. The van der Waals surface area contributed by atoms with Gasteiger partial charge in [-0.2, -0.15) is 0 Å². The highest BCUT2D eigenvalue weighted by Crippen LogP contribution is 2.55. The Bertz CT molecular complexity index is 491. The van der Waals surface area contributed by atoms with Crippen LogP contribution in [0.5, 0.6) is 11.5 Å². The predicted molar refractivity (Wildman–Crippen MR) is 56.4 cm³/mol. The first-order valence-electron chi connectivity index (χ1n) is 4.52. The molecule has 2 aromatic rings. The van der Waals surface area contributed by atoms with Gasteiger partial charge in [0, 0.05) is 5.56 Å². The Morgan fingerprint density at radius 1 is 0.857 bits per heavy atom. The molecule has 1 aliphatic heterocycles. The van der Waals surface area contributed by atoms with Gasteiger partial charge in [0.25, 0.3) is 0 Å². The third-order valence-electron chi connectivity index (χ3n) is 2.39. The second kappa shape index (κ2) is 2.51. The lowest BCUT2D eigenvalue weighted by Gasteiger charge is -1.97. The Morgan fingerprint density at radius 3 is 2.43 bits per heavy atom. The molecular weight excluding hydrogens is 174 g/mol. The van der Waals surface area contributed by atoms with Crippen LogP contribution in [0.15, 0.2) is 42.5 Å². The fourth-order valence-corrected chi connectivity index (χ4v) is 1.61. The molecular formula is C12H9NO. The number of hydrogen-bond donors (Lipinski definition) is 1. The van der Waals surface area contributed by atoms with E-state index in [2.05, 4.69) is 12.1 Å². The monoisotopic (exact) mass is 183 g/mol. The van der Waals surface area contributed by atoms with E-state index in [0.29, 0.717) is 0 Å². The lowest BCUT2D eigenvalue weighted by Crippen LogP contribution is -1.79. The summed E-state index contributed by atoms with van der Waals surface area (Å²) < 4.78 is 5.33. The van der Waals surface area contributed by atoms with Gasteiger partial charge in [-0.15, -0.1) is 0 Å². The van der Waals surface area contributed by atoms with E-state index in [4.69, 9.17) is 10.5 Å². The molecule has 2 heteroatoms. The van der Waals surface area contributed by atoms with Crippen molar-refractivity contribution < 1.29 is 4.74 Å². The molecule has 3 rings (SSSR count). The Morgan fingerprint density at radius 2 is 1.64 bits per heavy atom. The van der Waals surface area contributed by atoms with Crippen LogP contribution in [0.2, 0.25) is 0 Å². The molecule has 14 heavy (non-hydrogen) atoms. The average molecular weight is 183 g/mol. The van der Waals surface area contributed by atoms with Gasteiger partial charge in [-0.25, -0.2) is 0 Å². The van der Waals surface area contributed by atoms with Crippen LogP contribution in [0.25, 0.3) is 11.1 Å². The third-order valence-corrected chi connectivity index (χ3v) is 2.39. The largest absolute Gasteiger partial charge is 0.447 e. The van der Waals surface area contributed by atoms with Gasteiger partial charge in [-0.1, -0.05) is 30.3 Å². The van der Waals surface area contributed by atoms with Crippen LogP contribution in [0.4, 0.5) is 5.69 Å². The molecule has 0 aromatic heterocycles. The first kappa shape index (κ1) is 7.44. The minimum absolute atomic E-state index is 0.722. The molecule has 0 saturated carbocycles. The first-order valence-corrected chi connectivity index (χ1v) is 4.52. The fourth-order valence-electron chi connectivity index (χ4n) is 1.61. The summed E-state index contributed by atoms with van der Waals surface area (Å²) in [7, 11) is 0. The molecule has 0 atom stereocenters. The maximum atomic E-state index is 5.69. The van der Waals surface area contributed by atoms with Crippen LogP contribution in [0, 0.1) is 0 Å². The summed E-state index contributed by atoms with van der Waals surface area (Å²) in [4.78, 5) is 0. The average Bonchev–Trinajstić information content (AvgIpc) is 3.00. The number of hydrogen-bond acceptors (Lipinski definition) is 2. The molecule has 0 bridgehead atoms. The van der Waals surface area contributed by atoms with Crippen LogP contribution < -0.4 is 10.5 Å². The molecule has 2 nitrogen and oxygen atoms in total. The van der Waals surface area contributed by atoms with Crippen LogP contribution in [-0.4, -0.2) is 0 Å². The molecule has 0 unspecified atom stereocenters. The van der Waals surface area contributed by atoms with Crippen molar-refractivity contribution in [2.24, 2.45) is 0 Å². The van der Waals surface area contributed by atoms with Crippen molar-refractivity contribution in [1.82, 2.24) is 0 Å². The van der Waals surface area contributed by atoms with E-state index in [-0.39, 0.29) is 0 Å². The van der Waals surface area contributed by atoms with E-state index in [9.17, 15) is 0 Å². The molecule has 2 N–H and O–H groups in total. The lowest BCUT2D eigenvalue weighted by molar-refractivity contribution is 0.652. The topological polar surface area (TPSA) is 38.5 Å². The van der Waals surface area contributed by atoms with Crippen molar-refractivity contribution in [2.75, 3.05) is 5.73 Å². The molecule has 0 spiro atoms. The van der Waals surface area contributed by atoms with Gasteiger partial charge in [-0.05, 0) is 17.7 Å². The van der Waals surface area contributed by atoms with Gasteiger partial charge in [0.05, 0.1) is 5.69 Å². The van der Waals surface area contributed by atoms with E-state index < -0.39 is 0 Å². The summed E-state index contributed by atoms with van der Waals surface area (Å²) >= 11 is 0. The number of nitrogens with two attached hydrogens (primary N) is 1. The van der Waals surface area contributed by atoms with Crippen LogP contribution in [0.1, 0.15) is 0 Å². The molecule has 68 valence electrons. The Kier molecular flexibility index (Phi) is 1.34. The molecule has 0 fully saturated rings. The van der Waals surface area contributed by atoms with Crippen molar-refractivity contribution in [3.8, 4) is 22.6 Å². The SMILES string of the molecule is Nc1ccc(-c2ccccc2)c2c1O2. The maximum Gasteiger partial charge on any atom is 0.193 e. The number of benzene rings is 2. The molecule has 0 saturated heterocycles. The fraction of sp³-hybridized carbons (Fsp3) is 0. The molecule has 2 aromatic carbocycles. The highest BCUT2D eigenvalue weighted by Gasteiger charge is 2.27. The van der Waals surface area contributed by atoms with Crippen LogP contribution in [0.3, 0.4) is 0 Å². The van der Waals surface area contributed by atoms with E-state index in [1.165, 1.54) is 5.56 Å². The summed E-state index contributed by atoms with van der Waals surface area (Å²) in [6.07, 6.45) is 0. The summed E-state index contributed by atoms with van der Waals surface area (Å²) in [5, 5.41) is 0. The normalized spacial score (nSPS) is 11.7. The van der Waals surface area contributed by atoms with Crippen molar-refractivity contribution in [3.05, 3.63) is 42.5 Å². The molecule has 0 amide bonds. The van der Waals surface area contributed by atoms with Crippen molar-refractivity contribution in [3.63, 3.8) is 0 Å². The predicted octanol–water partition coefficient (Wildman–Crippen LogP) is 3.04. The zero-order valence-electron chi connectivity index (χ0n) is 7.53. The van der Waals surface area contributed by atoms with E-state index in [0.717, 1.165) is 22.7 Å². The van der Waals surface area contributed by atoms with Gasteiger partial charge < -0.3 is 10.5 Å². The maximum absolute atomic E-state index is 5.69. The van der Waals surface area contributed by atoms with Crippen molar-refractivity contribution in [1.29, 1.82) is 0 Å². The third kappa shape index (κ3) is 0.973. The smallest absolute Gasteiger partial charge is 0.193 e. The van der Waals surface area contributed by atoms with Crippen molar-refractivity contribution >= 4 is 5.69 Å². The van der Waals surface area contributed by atoms with Crippen LogP contribution in [-0.2, 0) is 0 Å². The second-order valence-electron chi connectivity index (χ2n) is 3.33. The lowest BCUT2D eigenvalue weighted by atomic mass is 10.1. The minimum Gasteiger partial charge on any atom is -0.447 e. The molecule has 0 aliphatic carbocycles. The Balaban J connectivity index is 2.16. The van der Waals surface area contributed by atoms with Crippen molar-refractivity contribution in [2.45, 2.75) is 0 Å². The van der Waals surface area contributed by atoms with E-state index in [1.807, 2.05) is 30.3 Å². The highest BCUT2D eigenvalue weighted by atomic mass is 16.6. The Hall–Kier alpha value is -1.96. The number of fused-ring (bicyclic) bond motifs is 1. The Labute approximate surface area is 81.9 Å². The van der Waals surface area contributed by atoms with Gasteiger partial charge in [0.2, 0.25) is 0 Å². The minimum atomic E-state index is 0.722. The molecule has 0 radical (unpaired) electrons. The van der Waals surface area contributed by atoms with Gasteiger partial charge in [-0.3, -0.25) is 0 Å². The summed E-state index contributed by atoms with van der Waals surface area (Å²) in [5.41, 5.74) is 8.70. The first-order chi connectivity index (χ1) is 6.86. The van der Waals surface area contributed by atoms with Gasteiger partial charge >= 0.3 is 0 Å². The second-order valence-corrected chi connectivity index (χ2v) is 3.33. The summed E-state index contributed by atoms with van der Waals surface area (Å²) in [5.74, 6) is 1.77. The number of rotatable bonds is 1. The van der Waals surface area contributed by atoms with E-state index in [1.54, 1.807) is 0 Å². The zero-order valence-corrected chi connectivity index (χ0v) is 7.53. The quantitative estimate of drug-likeness (QED) is 0.465. The van der Waals surface area contributed by atoms with E-state index >= 15 is 0 Å². The summed E-state index contributed by atoms with van der Waals surface area (Å²) in [6, 6.07) is 14.0. The van der Waals surface area contributed by atoms with Crippen LogP contribution >= 0.6 is 0 Å². The summed E-state index contributed by atoms with van der Waals surface area (Å²) in [6.45, 7) is 0. The van der Waals surface area contributed by atoms with Gasteiger partial charge in [0.15, 0.2) is 11.5 Å². The number of anilines is 1. The highest BCUT2D eigenvalue weighted by molar-refractivity contribution is 5.85. The molecule has 1 aliphatic rings. The van der Waals surface area contributed by atoms with Gasteiger partial charge in [0.1, 0.15) is 0 Å². The molecule has 1 heterocycles. The number of nitrogen functional groups attached to an aromatic ring is 1. The standard InChI is InChI=1S/C12H9NO/c13-10-7-6-9(11-12(10)14-11)8-4-2-1-3-5-8/h1-7H,13H2.